The predicted molar refractivity (Wildman–Crippen MR) is 74.8 cm³/mol. The van der Waals surface area contributed by atoms with Gasteiger partial charge in [0.15, 0.2) is 5.69 Å². The largest absolute Gasteiger partial charge is 0.395 e. The minimum absolute atomic E-state index is 0.0533. The summed E-state index contributed by atoms with van der Waals surface area (Å²) in [5.41, 5.74) is 7.66. The summed E-state index contributed by atoms with van der Waals surface area (Å²) in [7, 11) is 0. The van der Waals surface area contributed by atoms with Crippen molar-refractivity contribution in [2.45, 2.75) is 37.7 Å². The smallest absolute Gasteiger partial charge is 0.276 e. The summed E-state index contributed by atoms with van der Waals surface area (Å²) in [5, 5.41) is 7.83. The zero-order chi connectivity index (χ0) is 13.3. The maximum absolute atomic E-state index is 12.4. The number of aromatic amines is 1. The molecule has 1 aromatic rings. The second kappa shape index (κ2) is 5.22. The van der Waals surface area contributed by atoms with Crippen LogP contribution in [0.15, 0.2) is 0 Å². The van der Waals surface area contributed by atoms with Gasteiger partial charge in [-0.1, -0.05) is 20.8 Å². The van der Waals surface area contributed by atoms with Gasteiger partial charge in [-0.15, -0.1) is 0 Å². The van der Waals surface area contributed by atoms with Crippen molar-refractivity contribution in [2.75, 3.05) is 18.8 Å². The van der Waals surface area contributed by atoms with Crippen LogP contribution in [0.1, 0.15) is 37.0 Å². The van der Waals surface area contributed by atoms with Gasteiger partial charge in [0.25, 0.3) is 5.91 Å². The molecule has 100 valence electrons. The number of thioether (sulfide) groups is 1. The molecular weight excluding hydrogens is 248 g/mol. The number of nitrogens with one attached hydrogen (secondary N) is 1. The van der Waals surface area contributed by atoms with E-state index in [1.165, 1.54) is 0 Å². The Kier molecular flexibility index (Phi) is 3.85. The van der Waals surface area contributed by atoms with Crippen LogP contribution < -0.4 is 5.73 Å². The summed E-state index contributed by atoms with van der Waals surface area (Å²) in [6, 6.07) is 0. The molecule has 1 aliphatic rings. The molecule has 5 nitrogen and oxygen atoms in total. The third-order valence-corrected chi connectivity index (χ3v) is 4.37. The zero-order valence-corrected chi connectivity index (χ0v) is 11.9. The minimum atomic E-state index is -0.0533. The van der Waals surface area contributed by atoms with E-state index in [2.05, 4.69) is 24.0 Å². The number of nitrogens with two attached hydrogens (primary N) is 1. The Morgan fingerprint density at radius 2 is 2.11 bits per heavy atom. The molecule has 0 aliphatic carbocycles. The van der Waals surface area contributed by atoms with Gasteiger partial charge in [0.1, 0.15) is 0 Å². The van der Waals surface area contributed by atoms with Crippen molar-refractivity contribution in [3.8, 4) is 0 Å². The van der Waals surface area contributed by atoms with Crippen molar-refractivity contribution in [1.82, 2.24) is 15.1 Å². The highest BCUT2D eigenvalue weighted by molar-refractivity contribution is 8.00. The van der Waals surface area contributed by atoms with Crippen LogP contribution >= 0.6 is 11.8 Å². The Hall–Kier alpha value is -1.17. The second-order valence-electron chi connectivity index (χ2n) is 4.79. The molecule has 2 atom stereocenters. The normalized spacial score (nSPS) is 24.3. The lowest BCUT2D eigenvalue weighted by atomic mass is 10.2. The summed E-state index contributed by atoms with van der Waals surface area (Å²) in [6.45, 7) is 7.81. The van der Waals surface area contributed by atoms with Crippen molar-refractivity contribution in [2.24, 2.45) is 0 Å². The minimum Gasteiger partial charge on any atom is -0.395 e. The van der Waals surface area contributed by atoms with Gasteiger partial charge in [0.05, 0.1) is 11.4 Å². The number of nitrogens with zero attached hydrogens (tertiary/aromatic N) is 2. The molecule has 1 saturated heterocycles. The number of hydrogen-bond acceptors (Lipinski definition) is 4. The first-order valence-corrected chi connectivity index (χ1v) is 7.24. The van der Waals surface area contributed by atoms with E-state index in [1.54, 1.807) is 0 Å². The monoisotopic (exact) mass is 268 g/mol. The molecular formula is C12H20N4OS. The zero-order valence-electron chi connectivity index (χ0n) is 11.1. The summed E-state index contributed by atoms with van der Waals surface area (Å²) in [4.78, 5) is 14.3. The third-order valence-electron chi connectivity index (χ3n) is 3.15. The summed E-state index contributed by atoms with van der Waals surface area (Å²) < 4.78 is 0. The summed E-state index contributed by atoms with van der Waals surface area (Å²) >= 11 is 1.92. The molecule has 1 aliphatic heterocycles. The van der Waals surface area contributed by atoms with Gasteiger partial charge in [0.2, 0.25) is 0 Å². The van der Waals surface area contributed by atoms with Crippen LogP contribution in [0.3, 0.4) is 0 Å². The fraction of sp³-hybridized carbons (Fsp3) is 0.667. The Bertz CT molecular complexity index is 435. The Balaban J connectivity index is 2.17. The van der Waals surface area contributed by atoms with Crippen molar-refractivity contribution in [3.63, 3.8) is 0 Å². The number of amides is 1. The lowest BCUT2D eigenvalue weighted by molar-refractivity contribution is 0.0748. The average Bonchev–Trinajstić information content (AvgIpc) is 2.68. The number of carbonyl (C=O) groups is 1. The molecule has 1 fully saturated rings. The van der Waals surface area contributed by atoms with E-state index < -0.39 is 0 Å². The molecule has 2 unspecified atom stereocenters. The quantitative estimate of drug-likeness (QED) is 0.853. The number of rotatable bonds is 2. The third kappa shape index (κ3) is 2.48. The van der Waals surface area contributed by atoms with Crippen LogP contribution in [-0.2, 0) is 6.42 Å². The van der Waals surface area contributed by atoms with Gasteiger partial charge in [-0.2, -0.15) is 16.9 Å². The maximum Gasteiger partial charge on any atom is 0.276 e. The van der Waals surface area contributed by atoms with Gasteiger partial charge in [0, 0.05) is 23.6 Å². The van der Waals surface area contributed by atoms with Crippen molar-refractivity contribution < 1.29 is 4.79 Å². The summed E-state index contributed by atoms with van der Waals surface area (Å²) in [6.07, 6.45) is 0.759. The van der Waals surface area contributed by atoms with E-state index in [9.17, 15) is 4.79 Å². The van der Waals surface area contributed by atoms with Crippen molar-refractivity contribution >= 4 is 23.4 Å². The summed E-state index contributed by atoms with van der Waals surface area (Å²) in [5.74, 6) is -0.0533. The van der Waals surface area contributed by atoms with Crippen LogP contribution in [0.25, 0.3) is 0 Å². The number of aromatic nitrogens is 2. The number of hydrogen-bond donors (Lipinski definition) is 2. The van der Waals surface area contributed by atoms with Crippen LogP contribution in [0.5, 0.6) is 0 Å². The Labute approximate surface area is 111 Å². The first-order valence-electron chi connectivity index (χ1n) is 6.30. The number of anilines is 1. The molecule has 2 rings (SSSR count). The molecule has 0 spiro atoms. The number of nitrogen functional groups attached to an aromatic ring is 1. The van der Waals surface area contributed by atoms with Crippen molar-refractivity contribution in [1.29, 1.82) is 0 Å². The molecule has 0 radical (unpaired) electrons. The number of H-pyrrole nitrogens is 1. The van der Waals surface area contributed by atoms with E-state index >= 15 is 0 Å². The van der Waals surface area contributed by atoms with Gasteiger partial charge in [-0.25, -0.2) is 0 Å². The first kappa shape index (κ1) is 13.3. The molecule has 2 heterocycles. The van der Waals surface area contributed by atoms with E-state index in [0.29, 0.717) is 21.9 Å². The van der Waals surface area contributed by atoms with Crippen molar-refractivity contribution in [3.05, 3.63) is 11.4 Å². The molecule has 3 N–H and O–H groups in total. The fourth-order valence-corrected chi connectivity index (χ4v) is 3.64. The average molecular weight is 268 g/mol. The molecule has 0 saturated carbocycles. The van der Waals surface area contributed by atoms with E-state index in [1.807, 2.05) is 23.6 Å². The SMILES string of the molecule is CCc1[nH]nc(C(=O)N2CC(C)SC(C)C2)c1N. The van der Waals surface area contributed by atoms with E-state index in [0.717, 1.165) is 25.2 Å². The van der Waals surface area contributed by atoms with Gasteiger partial charge in [-0.05, 0) is 6.42 Å². The molecule has 18 heavy (non-hydrogen) atoms. The topological polar surface area (TPSA) is 75.0 Å². The maximum atomic E-state index is 12.4. The second-order valence-corrected chi connectivity index (χ2v) is 6.67. The Morgan fingerprint density at radius 1 is 1.50 bits per heavy atom. The predicted octanol–water partition coefficient (Wildman–Crippen LogP) is 1.52. The number of aryl methyl sites for hydroxylation is 1. The standard InChI is InChI=1S/C12H20N4OS/c1-4-9-10(13)11(15-14-9)12(17)16-5-7(2)18-8(3)6-16/h7-8H,4-6,13H2,1-3H3,(H,14,15). The highest BCUT2D eigenvalue weighted by Crippen LogP contribution is 2.26. The molecule has 0 bridgehead atoms. The molecule has 1 aromatic heterocycles. The van der Waals surface area contributed by atoms with E-state index in [4.69, 9.17) is 5.73 Å². The van der Waals surface area contributed by atoms with Gasteiger partial charge < -0.3 is 10.6 Å². The van der Waals surface area contributed by atoms with Crippen LogP contribution in [0.4, 0.5) is 5.69 Å². The van der Waals surface area contributed by atoms with Crippen LogP contribution in [0, 0.1) is 0 Å². The van der Waals surface area contributed by atoms with Crippen LogP contribution in [0.2, 0.25) is 0 Å². The lowest BCUT2D eigenvalue weighted by Gasteiger charge is -2.34. The first-order chi connectivity index (χ1) is 8.52. The highest BCUT2D eigenvalue weighted by Gasteiger charge is 2.29. The number of carbonyl (C=O) groups excluding carboxylic acids is 1. The van der Waals surface area contributed by atoms with Gasteiger partial charge in [-0.3, -0.25) is 9.89 Å². The van der Waals surface area contributed by atoms with Gasteiger partial charge >= 0.3 is 0 Å². The van der Waals surface area contributed by atoms with E-state index in [-0.39, 0.29) is 5.91 Å². The van der Waals surface area contributed by atoms with Crippen LogP contribution in [-0.4, -0.2) is 44.6 Å². The molecule has 1 amide bonds. The fourth-order valence-electron chi connectivity index (χ4n) is 2.31. The molecule has 6 heteroatoms. The highest BCUT2D eigenvalue weighted by atomic mass is 32.2. The lowest BCUT2D eigenvalue weighted by Crippen LogP contribution is -2.44. The molecule has 0 aromatic carbocycles. The Morgan fingerprint density at radius 3 is 2.61 bits per heavy atom.